The summed E-state index contributed by atoms with van der Waals surface area (Å²) in [6.45, 7) is 1.59. The van der Waals surface area contributed by atoms with Crippen molar-refractivity contribution in [3.8, 4) is 11.5 Å². The molecule has 0 aliphatic rings. The summed E-state index contributed by atoms with van der Waals surface area (Å²) < 4.78 is 26.7. The van der Waals surface area contributed by atoms with Crippen LogP contribution >= 0.6 is 35.8 Å². The zero-order chi connectivity index (χ0) is 21.3. The molecular formula is C20H24Cl2FN5O2S. The highest BCUT2D eigenvalue weighted by atomic mass is 35.5. The van der Waals surface area contributed by atoms with E-state index in [1.54, 1.807) is 35.7 Å². The Morgan fingerprint density at radius 1 is 1.23 bits per heavy atom. The lowest BCUT2D eigenvalue weighted by atomic mass is 10.2. The molecule has 31 heavy (non-hydrogen) atoms. The van der Waals surface area contributed by atoms with Crippen molar-refractivity contribution in [1.82, 2.24) is 25.5 Å². The van der Waals surface area contributed by atoms with E-state index in [9.17, 15) is 4.39 Å². The Labute approximate surface area is 196 Å². The number of aryl methyl sites for hydroxylation is 1. The molecule has 0 fully saturated rings. The number of nitrogens with one attached hydrogen (secondary N) is 1. The van der Waals surface area contributed by atoms with Crippen molar-refractivity contribution in [1.29, 1.82) is 0 Å². The van der Waals surface area contributed by atoms with E-state index in [1.807, 2.05) is 25.2 Å². The van der Waals surface area contributed by atoms with Gasteiger partial charge in [-0.05, 0) is 53.2 Å². The van der Waals surface area contributed by atoms with Gasteiger partial charge in [0.15, 0.2) is 11.5 Å². The third kappa shape index (κ3) is 7.24. The normalized spacial score (nSPS) is 10.6. The number of thioether (sulfide) groups is 1. The third-order valence-electron chi connectivity index (χ3n) is 4.30. The lowest BCUT2D eigenvalue weighted by Gasteiger charge is -2.13. The van der Waals surface area contributed by atoms with E-state index in [-0.39, 0.29) is 19.0 Å². The van der Waals surface area contributed by atoms with Gasteiger partial charge >= 0.3 is 0 Å². The molecule has 7 nitrogen and oxygen atoms in total. The zero-order valence-electron chi connectivity index (χ0n) is 17.2. The van der Waals surface area contributed by atoms with Gasteiger partial charge in [-0.25, -0.2) is 9.07 Å². The number of tetrazole rings is 1. The second-order valence-corrected chi connectivity index (χ2v) is 7.91. The third-order valence-corrected chi connectivity index (χ3v) is 5.75. The van der Waals surface area contributed by atoms with Gasteiger partial charge in [-0.1, -0.05) is 35.5 Å². The van der Waals surface area contributed by atoms with Crippen LogP contribution in [0.25, 0.3) is 0 Å². The fourth-order valence-electron chi connectivity index (χ4n) is 2.70. The lowest BCUT2D eigenvalue weighted by molar-refractivity contribution is 0.279. The van der Waals surface area contributed by atoms with Crippen LogP contribution in [0.3, 0.4) is 0 Å². The predicted molar refractivity (Wildman–Crippen MR) is 122 cm³/mol. The molecule has 0 aliphatic carbocycles. The van der Waals surface area contributed by atoms with Crippen LogP contribution in [-0.2, 0) is 20.2 Å². The minimum absolute atomic E-state index is 0. The van der Waals surface area contributed by atoms with Gasteiger partial charge in [-0.15, -0.1) is 17.5 Å². The molecule has 2 aromatic carbocycles. The standard InChI is InChI=1S/C20H23ClFN5O2S.ClH/c1-27-20(24-25-26-27)30-10-4-9-23-12-14-7-8-18(19(11-14)28-2)29-13-15-16(21)5-3-6-17(15)22;/h3,5-8,11,23H,4,9-10,12-13H2,1-2H3;1H. The number of hydrogen-bond acceptors (Lipinski definition) is 7. The molecule has 3 aromatic rings. The number of nitrogens with zero attached hydrogens (tertiary/aromatic N) is 4. The number of ether oxygens (including phenoxy) is 2. The number of hydrogen-bond donors (Lipinski definition) is 1. The Hall–Kier alpha value is -2.07. The molecule has 3 rings (SSSR count). The van der Waals surface area contributed by atoms with Crippen molar-refractivity contribution in [2.24, 2.45) is 7.05 Å². The maximum Gasteiger partial charge on any atom is 0.209 e. The van der Waals surface area contributed by atoms with E-state index in [2.05, 4.69) is 20.8 Å². The summed E-state index contributed by atoms with van der Waals surface area (Å²) in [4.78, 5) is 0. The van der Waals surface area contributed by atoms with Crippen molar-refractivity contribution >= 4 is 35.8 Å². The van der Waals surface area contributed by atoms with Crippen molar-refractivity contribution in [3.05, 3.63) is 58.4 Å². The molecule has 168 valence electrons. The topological polar surface area (TPSA) is 74.1 Å². The first-order valence-electron chi connectivity index (χ1n) is 9.37. The van der Waals surface area contributed by atoms with Crippen molar-refractivity contribution in [2.45, 2.75) is 24.7 Å². The first-order valence-corrected chi connectivity index (χ1v) is 10.7. The van der Waals surface area contributed by atoms with Gasteiger partial charge in [0, 0.05) is 24.9 Å². The smallest absolute Gasteiger partial charge is 0.209 e. The Balaban J connectivity index is 0.00000341. The van der Waals surface area contributed by atoms with Crippen LogP contribution in [0, 0.1) is 5.82 Å². The highest BCUT2D eigenvalue weighted by Crippen LogP contribution is 2.30. The van der Waals surface area contributed by atoms with Gasteiger partial charge in [0.05, 0.1) is 12.1 Å². The van der Waals surface area contributed by atoms with E-state index in [0.29, 0.717) is 28.6 Å². The van der Waals surface area contributed by atoms with E-state index in [4.69, 9.17) is 21.1 Å². The largest absolute Gasteiger partial charge is 0.493 e. The van der Waals surface area contributed by atoms with Crippen LogP contribution in [0.5, 0.6) is 11.5 Å². The fraction of sp³-hybridized carbons (Fsp3) is 0.350. The Morgan fingerprint density at radius 3 is 2.77 bits per heavy atom. The molecule has 0 bridgehead atoms. The number of aromatic nitrogens is 4. The highest BCUT2D eigenvalue weighted by molar-refractivity contribution is 7.99. The molecular weight excluding hydrogens is 464 g/mol. The molecule has 0 spiro atoms. The molecule has 0 saturated carbocycles. The van der Waals surface area contributed by atoms with Gasteiger partial charge in [-0.3, -0.25) is 0 Å². The fourth-order valence-corrected chi connectivity index (χ4v) is 3.70. The summed E-state index contributed by atoms with van der Waals surface area (Å²) in [5.41, 5.74) is 1.38. The average Bonchev–Trinajstić information content (AvgIpc) is 3.15. The summed E-state index contributed by atoms with van der Waals surface area (Å²) in [7, 11) is 3.40. The Kier molecular flexibility index (Phi) is 10.3. The Bertz CT molecular complexity index is 956. The summed E-state index contributed by atoms with van der Waals surface area (Å²) in [6, 6.07) is 10.2. The van der Waals surface area contributed by atoms with Crippen LogP contribution in [0.1, 0.15) is 17.5 Å². The molecule has 0 aliphatic heterocycles. The van der Waals surface area contributed by atoms with E-state index < -0.39 is 5.82 Å². The second kappa shape index (κ2) is 12.7. The van der Waals surface area contributed by atoms with Crippen LogP contribution in [0.2, 0.25) is 5.02 Å². The van der Waals surface area contributed by atoms with Gasteiger partial charge < -0.3 is 14.8 Å². The molecule has 0 amide bonds. The molecule has 1 heterocycles. The SMILES string of the molecule is COc1cc(CNCCCSc2nnnn2C)ccc1OCc1c(F)cccc1Cl.Cl. The zero-order valence-corrected chi connectivity index (χ0v) is 19.6. The maximum atomic E-state index is 13.9. The van der Waals surface area contributed by atoms with Gasteiger partial charge in [0.25, 0.3) is 0 Å². The number of methoxy groups -OCH3 is 1. The number of halogens is 3. The molecule has 0 radical (unpaired) electrons. The monoisotopic (exact) mass is 487 g/mol. The summed E-state index contributed by atoms with van der Waals surface area (Å²) in [5.74, 6) is 1.66. The minimum atomic E-state index is -0.393. The maximum absolute atomic E-state index is 13.9. The quantitative estimate of drug-likeness (QED) is 0.319. The van der Waals surface area contributed by atoms with Gasteiger partial charge in [0.1, 0.15) is 12.4 Å². The van der Waals surface area contributed by atoms with E-state index >= 15 is 0 Å². The number of rotatable bonds is 11. The molecule has 11 heteroatoms. The summed E-state index contributed by atoms with van der Waals surface area (Å²) in [6.07, 6.45) is 0.985. The first-order chi connectivity index (χ1) is 14.6. The second-order valence-electron chi connectivity index (χ2n) is 6.44. The first kappa shape index (κ1) is 25.2. The number of benzene rings is 2. The summed E-state index contributed by atoms with van der Waals surface area (Å²) >= 11 is 7.68. The highest BCUT2D eigenvalue weighted by Gasteiger charge is 2.11. The molecule has 0 unspecified atom stereocenters. The van der Waals surface area contributed by atoms with Crippen LogP contribution in [0.4, 0.5) is 4.39 Å². The molecule has 0 atom stereocenters. The van der Waals surface area contributed by atoms with Crippen LogP contribution in [0.15, 0.2) is 41.6 Å². The van der Waals surface area contributed by atoms with Crippen LogP contribution in [-0.4, -0.2) is 39.6 Å². The van der Waals surface area contributed by atoms with Crippen molar-refractivity contribution in [2.75, 3.05) is 19.4 Å². The van der Waals surface area contributed by atoms with Crippen molar-refractivity contribution in [3.63, 3.8) is 0 Å². The summed E-state index contributed by atoms with van der Waals surface area (Å²) in [5, 5.41) is 15.9. The Morgan fingerprint density at radius 2 is 2.06 bits per heavy atom. The average molecular weight is 488 g/mol. The van der Waals surface area contributed by atoms with E-state index in [1.165, 1.54) is 6.07 Å². The van der Waals surface area contributed by atoms with Crippen molar-refractivity contribution < 1.29 is 13.9 Å². The van der Waals surface area contributed by atoms with E-state index in [0.717, 1.165) is 29.4 Å². The van der Waals surface area contributed by atoms with Gasteiger partial charge in [0.2, 0.25) is 5.16 Å². The van der Waals surface area contributed by atoms with Crippen LogP contribution < -0.4 is 14.8 Å². The minimum Gasteiger partial charge on any atom is -0.493 e. The molecule has 0 saturated heterocycles. The molecule has 1 aromatic heterocycles. The predicted octanol–water partition coefficient (Wildman–Crippen LogP) is 4.28. The lowest BCUT2D eigenvalue weighted by Crippen LogP contribution is -2.15. The molecule has 1 N–H and O–H groups in total. The van der Waals surface area contributed by atoms with Gasteiger partial charge in [-0.2, -0.15) is 0 Å².